The maximum atomic E-state index is 3.49. The summed E-state index contributed by atoms with van der Waals surface area (Å²) in [5.74, 6) is 0. The van der Waals surface area contributed by atoms with Crippen molar-refractivity contribution in [2.24, 2.45) is 0 Å². The van der Waals surface area contributed by atoms with Crippen LogP contribution in [0.5, 0.6) is 0 Å². The lowest BCUT2D eigenvalue weighted by Gasteiger charge is -2.50. The zero-order valence-corrected chi connectivity index (χ0v) is 7.19. The average molecular weight is 155 g/mol. The minimum absolute atomic E-state index is 0.335. The summed E-state index contributed by atoms with van der Waals surface area (Å²) in [6.45, 7) is 8.20. The van der Waals surface area contributed by atoms with E-state index in [2.05, 4.69) is 22.5 Å². The van der Waals surface area contributed by atoms with Crippen molar-refractivity contribution in [1.29, 1.82) is 0 Å². The first kappa shape index (κ1) is 7.53. The van der Waals surface area contributed by atoms with Crippen molar-refractivity contribution in [3.8, 4) is 0 Å². The molecule has 2 aliphatic rings. The van der Waals surface area contributed by atoms with Gasteiger partial charge in [-0.25, -0.2) is 0 Å². The Bertz CT molecular complexity index is 136. The third-order valence-electron chi connectivity index (χ3n) is 2.93. The summed E-state index contributed by atoms with van der Waals surface area (Å²) in [6, 6.07) is 0. The van der Waals surface area contributed by atoms with Crippen molar-refractivity contribution in [1.82, 2.24) is 15.5 Å². The largest absolute Gasteiger partial charge is 0.314 e. The second kappa shape index (κ2) is 2.73. The Hall–Kier alpha value is -0.120. The zero-order chi connectivity index (χ0) is 7.73. The number of nitrogens with one attached hydrogen (secondary N) is 2. The Balaban J connectivity index is 1.91. The normalized spacial score (nSPS) is 40.1. The predicted octanol–water partition coefficient (Wildman–Crippen LogP) is -0.399. The van der Waals surface area contributed by atoms with Crippen LogP contribution in [-0.4, -0.2) is 43.3 Å². The van der Waals surface area contributed by atoms with Gasteiger partial charge in [-0.05, 0) is 19.9 Å². The van der Waals surface area contributed by atoms with Crippen molar-refractivity contribution < 1.29 is 0 Å². The molecular weight excluding hydrogens is 138 g/mol. The maximum absolute atomic E-state index is 3.49. The number of hydrogen-bond acceptors (Lipinski definition) is 3. The quantitative estimate of drug-likeness (QED) is 0.539. The van der Waals surface area contributed by atoms with Gasteiger partial charge in [0, 0.05) is 26.2 Å². The highest BCUT2D eigenvalue weighted by Crippen LogP contribution is 2.22. The molecule has 0 aliphatic carbocycles. The molecule has 0 bridgehead atoms. The average Bonchev–Trinajstić information content (AvgIpc) is 2.02. The van der Waals surface area contributed by atoms with Crippen LogP contribution >= 0.6 is 0 Å². The summed E-state index contributed by atoms with van der Waals surface area (Å²) < 4.78 is 0. The van der Waals surface area contributed by atoms with Crippen LogP contribution in [0, 0.1) is 0 Å². The molecule has 2 saturated heterocycles. The van der Waals surface area contributed by atoms with Gasteiger partial charge in [-0.2, -0.15) is 0 Å². The summed E-state index contributed by atoms with van der Waals surface area (Å²) in [6.07, 6.45) is 1.31. The topological polar surface area (TPSA) is 27.3 Å². The maximum Gasteiger partial charge on any atom is 0.0696 e. The Morgan fingerprint density at radius 1 is 1.18 bits per heavy atom. The lowest BCUT2D eigenvalue weighted by atomic mass is 9.98. The SMILES string of the molecule is CC1(N2CCNCC2)CCN1. The Labute approximate surface area is 68.1 Å². The first-order chi connectivity index (χ1) is 5.31. The van der Waals surface area contributed by atoms with Gasteiger partial charge in [-0.1, -0.05) is 0 Å². The van der Waals surface area contributed by atoms with E-state index in [-0.39, 0.29) is 0 Å². The highest BCUT2D eigenvalue weighted by Gasteiger charge is 2.37. The highest BCUT2D eigenvalue weighted by atomic mass is 15.4. The fourth-order valence-electron chi connectivity index (χ4n) is 1.92. The van der Waals surface area contributed by atoms with Crippen LogP contribution in [0.25, 0.3) is 0 Å². The van der Waals surface area contributed by atoms with Gasteiger partial charge < -0.3 is 5.32 Å². The molecule has 2 heterocycles. The molecule has 0 saturated carbocycles. The third kappa shape index (κ3) is 1.28. The van der Waals surface area contributed by atoms with E-state index in [1.165, 1.54) is 26.1 Å². The van der Waals surface area contributed by atoms with Gasteiger partial charge in [0.2, 0.25) is 0 Å². The summed E-state index contributed by atoms with van der Waals surface area (Å²) >= 11 is 0. The van der Waals surface area contributed by atoms with Crippen LogP contribution in [0.1, 0.15) is 13.3 Å². The smallest absolute Gasteiger partial charge is 0.0696 e. The van der Waals surface area contributed by atoms with E-state index in [9.17, 15) is 0 Å². The fourth-order valence-corrected chi connectivity index (χ4v) is 1.92. The van der Waals surface area contributed by atoms with E-state index in [0.717, 1.165) is 13.1 Å². The molecule has 64 valence electrons. The minimum Gasteiger partial charge on any atom is -0.314 e. The lowest BCUT2D eigenvalue weighted by molar-refractivity contribution is 0.00384. The van der Waals surface area contributed by atoms with Crippen LogP contribution in [0.3, 0.4) is 0 Å². The van der Waals surface area contributed by atoms with Crippen LogP contribution in [0.2, 0.25) is 0 Å². The van der Waals surface area contributed by atoms with E-state index in [4.69, 9.17) is 0 Å². The Morgan fingerprint density at radius 2 is 1.82 bits per heavy atom. The van der Waals surface area contributed by atoms with Crippen LogP contribution in [-0.2, 0) is 0 Å². The van der Waals surface area contributed by atoms with Gasteiger partial charge in [0.25, 0.3) is 0 Å². The van der Waals surface area contributed by atoms with Gasteiger partial charge in [0.05, 0.1) is 5.66 Å². The van der Waals surface area contributed by atoms with Gasteiger partial charge in [-0.15, -0.1) is 0 Å². The summed E-state index contributed by atoms with van der Waals surface area (Å²) in [4.78, 5) is 2.55. The second-order valence-corrected chi connectivity index (χ2v) is 3.69. The fraction of sp³-hybridized carbons (Fsp3) is 1.00. The molecule has 2 rings (SSSR count). The first-order valence-corrected chi connectivity index (χ1v) is 4.52. The molecule has 0 spiro atoms. The van der Waals surface area contributed by atoms with Crippen molar-refractivity contribution in [3.05, 3.63) is 0 Å². The Kier molecular flexibility index (Phi) is 1.87. The van der Waals surface area contributed by atoms with Gasteiger partial charge in [-0.3, -0.25) is 10.2 Å². The lowest BCUT2D eigenvalue weighted by Crippen LogP contribution is -2.68. The molecule has 0 amide bonds. The third-order valence-corrected chi connectivity index (χ3v) is 2.93. The summed E-state index contributed by atoms with van der Waals surface area (Å²) in [5, 5.41) is 6.86. The van der Waals surface area contributed by atoms with Gasteiger partial charge in [0.1, 0.15) is 0 Å². The molecule has 1 unspecified atom stereocenters. The van der Waals surface area contributed by atoms with E-state index < -0.39 is 0 Å². The second-order valence-electron chi connectivity index (χ2n) is 3.69. The summed E-state index contributed by atoms with van der Waals surface area (Å²) in [5.41, 5.74) is 0.335. The minimum atomic E-state index is 0.335. The van der Waals surface area contributed by atoms with Crippen molar-refractivity contribution in [2.45, 2.75) is 19.0 Å². The number of nitrogens with zero attached hydrogens (tertiary/aromatic N) is 1. The first-order valence-electron chi connectivity index (χ1n) is 4.52. The van der Waals surface area contributed by atoms with Crippen molar-refractivity contribution >= 4 is 0 Å². The molecular formula is C8H17N3. The molecule has 0 aromatic carbocycles. The van der Waals surface area contributed by atoms with E-state index in [1.807, 2.05) is 0 Å². The molecule has 2 aliphatic heterocycles. The molecule has 0 aromatic heterocycles. The predicted molar refractivity (Wildman–Crippen MR) is 45.5 cm³/mol. The highest BCUT2D eigenvalue weighted by molar-refractivity contribution is 4.93. The van der Waals surface area contributed by atoms with Crippen molar-refractivity contribution in [2.75, 3.05) is 32.7 Å². The van der Waals surface area contributed by atoms with E-state index in [1.54, 1.807) is 0 Å². The molecule has 1 atom stereocenters. The number of piperazine rings is 1. The van der Waals surface area contributed by atoms with Crippen molar-refractivity contribution in [3.63, 3.8) is 0 Å². The van der Waals surface area contributed by atoms with E-state index in [0.29, 0.717) is 5.66 Å². The summed E-state index contributed by atoms with van der Waals surface area (Å²) in [7, 11) is 0. The van der Waals surface area contributed by atoms with E-state index >= 15 is 0 Å². The zero-order valence-electron chi connectivity index (χ0n) is 7.19. The monoisotopic (exact) mass is 155 g/mol. The van der Waals surface area contributed by atoms with Gasteiger partial charge in [0.15, 0.2) is 0 Å². The molecule has 0 aromatic rings. The number of hydrogen-bond donors (Lipinski definition) is 2. The van der Waals surface area contributed by atoms with Gasteiger partial charge >= 0.3 is 0 Å². The molecule has 11 heavy (non-hydrogen) atoms. The number of rotatable bonds is 1. The standard InChI is InChI=1S/C8H17N3/c1-8(2-3-10-8)11-6-4-9-5-7-11/h9-10H,2-7H2,1H3. The molecule has 3 heteroatoms. The van der Waals surface area contributed by atoms with Crippen LogP contribution in [0.15, 0.2) is 0 Å². The molecule has 2 fully saturated rings. The molecule has 3 nitrogen and oxygen atoms in total. The van der Waals surface area contributed by atoms with Crippen LogP contribution in [0.4, 0.5) is 0 Å². The Morgan fingerprint density at radius 3 is 2.27 bits per heavy atom. The van der Waals surface area contributed by atoms with Crippen LogP contribution < -0.4 is 10.6 Å². The molecule has 0 radical (unpaired) electrons. The molecule has 2 N–H and O–H groups in total.